The molecule has 0 aromatic heterocycles. The average molecular weight is 490 g/mol. The maximum absolute atomic E-state index is 11.5. The van der Waals surface area contributed by atoms with Crippen LogP contribution < -0.4 is 16.0 Å². The minimum atomic E-state index is -0.467. The van der Waals surface area contributed by atoms with Crippen LogP contribution in [0.2, 0.25) is 0 Å². The van der Waals surface area contributed by atoms with Gasteiger partial charge in [0, 0.05) is 26.7 Å². The lowest BCUT2D eigenvalue weighted by molar-refractivity contribution is 0.0527. The predicted octanol–water partition coefficient (Wildman–Crippen LogP) is 3.88. The lowest BCUT2D eigenvalue weighted by Crippen LogP contribution is -2.39. The molecule has 0 spiro atoms. The smallest absolute Gasteiger partial charge is 0.407 e. The summed E-state index contributed by atoms with van der Waals surface area (Å²) >= 11 is 0. The van der Waals surface area contributed by atoms with E-state index < -0.39 is 5.60 Å². The Morgan fingerprint density at radius 2 is 1.67 bits per heavy atom. The molecule has 0 saturated carbocycles. The molecule has 0 aliphatic heterocycles. The number of ether oxygens (including phenoxy) is 1. The first-order valence-electron chi connectivity index (χ1n) is 9.28. The van der Waals surface area contributed by atoms with E-state index in [0.29, 0.717) is 12.5 Å². The minimum absolute atomic E-state index is 0. The van der Waals surface area contributed by atoms with Crippen LogP contribution in [0.1, 0.15) is 52.0 Å². The number of rotatable bonds is 8. The van der Waals surface area contributed by atoms with Crippen LogP contribution in [0.5, 0.6) is 0 Å². The summed E-state index contributed by atoms with van der Waals surface area (Å²) in [5.74, 6) is 1.28. The number of guanidine groups is 1. The zero-order valence-electron chi connectivity index (χ0n) is 17.2. The first kappa shape index (κ1) is 25.5. The maximum Gasteiger partial charge on any atom is 0.407 e. The highest BCUT2D eigenvalue weighted by Crippen LogP contribution is 2.17. The zero-order valence-corrected chi connectivity index (χ0v) is 19.5. The first-order chi connectivity index (χ1) is 12.3. The van der Waals surface area contributed by atoms with Crippen molar-refractivity contribution in [3.8, 4) is 0 Å². The van der Waals surface area contributed by atoms with Crippen LogP contribution in [0.4, 0.5) is 4.79 Å². The molecule has 1 amide bonds. The van der Waals surface area contributed by atoms with Crippen molar-refractivity contribution >= 4 is 36.0 Å². The van der Waals surface area contributed by atoms with Crippen molar-refractivity contribution in [2.24, 2.45) is 4.99 Å². The summed E-state index contributed by atoms with van der Waals surface area (Å²) in [6.07, 6.45) is 1.44. The molecule has 0 fully saturated rings. The van der Waals surface area contributed by atoms with Crippen LogP contribution in [0, 0.1) is 0 Å². The van der Waals surface area contributed by atoms with E-state index in [9.17, 15) is 4.79 Å². The number of halogens is 1. The van der Waals surface area contributed by atoms with Crippen molar-refractivity contribution in [1.82, 2.24) is 16.0 Å². The molecule has 154 valence electrons. The molecule has 0 saturated heterocycles. The predicted molar refractivity (Wildman–Crippen MR) is 123 cm³/mol. The number of aliphatic imine (C=N–C) groups is 1. The second-order valence-electron chi connectivity index (χ2n) is 7.31. The summed E-state index contributed by atoms with van der Waals surface area (Å²) in [5, 5.41) is 9.33. The van der Waals surface area contributed by atoms with Gasteiger partial charge in [0.15, 0.2) is 5.96 Å². The van der Waals surface area contributed by atoms with Crippen molar-refractivity contribution in [3.63, 3.8) is 0 Å². The van der Waals surface area contributed by atoms with Gasteiger partial charge in [-0.3, -0.25) is 4.99 Å². The van der Waals surface area contributed by atoms with Crippen LogP contribution in [-0.2, 0) is 4.74 Å². The van der Waals surface area contributed by atoms with Gasteiger partial charge < -0.3 is 20.7 Å². The Labute approximate surface area is 181 Å². The van der Waals surface area contributed by atoms with Gasteiger partial charge in [-0.2, -0.15) is 0 Å². The van der Waals surface area contributed by atoms with Gasteiger partial charge in [-0.05, 0) is 45.1 Å². The van der Waals surface area contributed by atoms with Gasteiger partial charge in [0.25, 0.3) is 0 Å². The molecule has 1 aromatic rings. The van der Waals surface area contributed by atoms with Gasteiger partial charge in [0.2, 0.25) is 0 Å². The molecule has 0 radical (unpaired) electrons. The van der Waals surface area contributed by atoms with E-state index >= 15 is 0 Å². The van der Waals surface area contributed by atoms with E-state index in [4.69, 9.17) is 4.74 Å². The fourth-order valence-electron chi connectivity index (χ4n) is 2.38. The van der Waals surface area contributed by atoms with Gasteiger partial charge in [-0.15, -0.1) is 24.0 Å². The number of benzene rings is 1. The Kier molecular flexibility index (Phi) is 12.9. The highest BCUT2D eigenvalue weighted by Gasteiger charge is 2.15. The normalized spacial score (nSPS) is 12.6. The van der Waals surface area contributed by atoms with Crippen molar-refractivity contribution in [3.05, 3.63) is 35.9 Å². The second kappa shape index (κ2) is 13.6. The monoisotopic (exact) mass is 490 g/mol. The van der Waals surface area contributed by atoms with Crippen LogP contribution >= 0.6 is 24.0 Å². The highest BCUT2D eigenvalue weighted by molar-refractivity contribution is 14.0. The molecular weight excluding hydrogens is 455 g/mol. The van der Waals surface area contributed by atoms with E-state index in [1.54, 1.807) is 7.05 Å². The topological polar surface area (TPSA) is 74.8 Å². The molecule has 1 atom stereocenters. The van der Waals surface area contributed by atoms with E-state index in [1.807, 2.05) is 26.8 Å². The number of amides is 1. The number of carbonyl (C=O) groups is 1. The quantitative estimate of drug-likeness (QED) is 0.224. The van der Waals surface area contributed by atoms with E-state index in [-0.39, 0.29) is 30.1 Å². The fraction of sp³-hybridized carbons (Fsp3) is 0.600. The molecule has 0 bridgehead atoms. The van der Waals surface area contributed by atoms with Crippen LogP contribution in [0.25, 0.3) is 0 Å². The molecule has 7 heteroatoms. The maximum atomic E-state index is 11.5. The Hall–Kier alpha value is -1.51. The SMILES string of the molecule is CN=C(NCCCNC(=O)OC(C)(C)C)NCCC(C)c1ccccc1.I. The molecule has 1 aromatic carbocycles. The summed E-state index contributed by atoms with van der Waals surface area (Å²) in [6, 6.07) is 10.5. The molecule has 27 heavy (non-hydrogen) atoms. The Morgan fingerprint density at radius 1 is 1.07 bits per heavy atom. The average Bonchev–Trinajstić information content (AvgIpc) is 2.59. The Balaban J connectivity index is 0.00000676. The summed E-state index contributed by atoms with van der Waals surface area (Å²) in [7, 11) is 1.76. The van der Waals surface area contributed by atoms with Gasteiger partial charge in [-0.1, -0.05) is 37.3 Å². The summed E-state index contributed by atoms with van der Waals surface area (Å²) < 4.78 is 5.19. The molecule has 0 heterocycles. The van der Waals surface area contributed by atoms with Crippen LogP contribution in [-0.4, -0.2) is 44.3 Å². The van der Waals surface area contributed by atoms with Crippen molar-refractivity contribution in [2.45, 2.75) is 52.1 Å². The first-order valence-corrected chi connectivity index (χ1v) is 9.28. The van der Waals surface area contributed by atoms with E-state index in [1.165, 1.54) is 5.56 Å². The number of hydrogen-bond donors (Lipinski definition) is 3. The van der Waals surface area contributed by atoms with Crippen LogP contribution in [0.15, 0.2) is 35.3 Å². The standard InChI is InChI=1S/C20H34N4O2.HI/c1-16(17-10-7-6-8-11-17)12-15-23-18(21-5)22-13-9-14-24-19(25)26-20(2,3)4;/h6-8,10-11,16H,9,12-15H2,1-5H3,(H,24,25)(H2,21,22,23);1H. The molecule has 1 unspecified atom stereocenters. The third-order valence-corrected chi connectivity index (χ3v) is 3.78. The third-order valence-electron chi connectivity index (χ3n) is 3.78. The summed E-state index contributed by atoms with van der Waals surface area (Å²) in [4.78, 5) is 15.8. The largest absolute Gasteiger partial charge is 0.444 e. The second-order valence-corrected chi connectivity index (χ2v) is 7.31. The van der Waals surface area contributed by atoms with E-state index in [0.717, 1.165) is 31.9 Å². The number of nitrogens with one attached hydrogen (secondary N) is 3. The number of alkyl carbamates (subject to hydrolysis) is 1. The third kappa shape index (κ3) is 12.5. The fourth-order valence-corrected chi connectivity index (χ4v) is 2.38. The molecule has 0 aliphatic carbocycles. The van der Waals surface area contributed by atoms with Crippen molar-refractivity contribution in [2.75, 3.05) is 26.7 Å². The number of hydrogen-bond acceptors (Lipinski definition) is 3. The lowest BCUT2D eigenvalue weighted by atomic mass is 9.98. The van der Waals surface area contributed by atoms with E-state index in [2.05, 4.69) is 52.1 Å². The van der Waals surface area contributed by atoms with Gasteiger partial charge in [-0.25, -0.2) is 4.79 Å². The number of nitrogens with zero attached hydrogens (tertiary/aromatic N) is 1. The molecule has 1 rings (SSSR count). The molecule has 0 aliphatic rings. The van der Waals surface area contributed by atoms with Gasteiger partial charge >= 0.3 is 6.09 Å². The summed E-state index contributed by atoms with van der Waals surface area (Å²) in [6.45, 7) is 9.92. The minimum Gasteiger partial charge on any atom is -0.444 e. The van der Waals surface area contributed by atoms with Crippen molar-refractivity contribution in [1.29, 1.82) is 0 Å². The number of carbonyl (C=O) groups excluding carboxylic acids is 1. The summed E-state index contributed by atoms with van der Waals surface area (Å²) in [5.41, 5.74) is 0.885. The Bertz CT molecular complexity index is 559. The lowest BCUT2D eigenvalue weighted by Gasteiger charge is -2.19. The molecule has 3 N–H and O–H groups in total. The molecule has 6 nitrogen and oxygen atoms in total. The van der Waals surface area contributed by atoms with Crippen LogP contribution in [0.3, 0.4) is 0 Å². The zero-order chi connectivity index (χ0) is 19.4. The molecular formula is C20H35IN4O2. The van der Waals surface area contributed by atoms with Gasteiger partial charge in [0.1, 0.15) is 5.60 Å². The highest BCUT2D eigenvalue weighted by atomic mass is 127. The van der Waals surface area contributed by atoms with Crippen molar-refractivity contribution < 1.29 is 9.53 Å². The van der Waals surface area contributed by atoms with Gasteiger partial charge in [0.05, 0.1) is 0 Å². The Morgan fingerprint density at radius 3 is 2.26 bits per heavy atom.